The molecule has 1 aromatic carbocycles. The van der Waals surface area contributed by atoms with E-state index in [1.807, 2.05) is 18.2 Å². The third-order valence-corrected chi connectivity index (χ3v) is 5.29. The van der Waals surface area contributed by atoms with Crippen LogP contribution in [-0.4, -0.2) is 50.1 Å². The van der Waals surface area contributed by atoms with Gasteiger partial charge in [-0.25, -0.2) is 8.42 Å². The summed E-state index contributed by atoms with van der Waals surface area (Å²) in [6.07, 6.45) is 1.24. The molecule has 0 aromatic heterocycles. The van der Waals surface area contributed by atoms with Gasteiger partial charge in [-0.3, -0.25) is 0 Å². The van der Waals surface area contributed by atoms with Gasteiger partial charge >= 0.3 is 0 Å². The Morgan fingerprint density at radius 3 is 2.40 bits per heavy atom. The first-order valence-corrected chi connectivity index (χ1v) is 9.13. The number of thiocarbonyl (C=S) groups is 1. The fourth-order valence-corrected chi connectivity index (χ4v) is 3.59. The average molecular weight is 378 g/mol. The Balaban J connectivity index is 2.21. The summed E-state index contributed by atoms with van der Waals surface area (Å²) in [4.78, 5) is 2.45. The first-order chi connectivity index (χ1) is 9.29. The van der Waals surface area contributed by atoms with Crippen LogP contribution >= 0.6 is 28.1 Å². The van der Waals surface area contributed by atoms with Crippen LogP contribution in [0.2, 0.25) is 0 Å². The molecule has 1 aromatic rings. The summed E-state index contributed by atoms with van der Waals surface area (Å²) < 4.78 is 25.4. The van der Waals surface area contributed by atoms with Crippen molar-refractivity contribution in [2.24, 2.45) is 5.73 Å². The lowest BCUT2D eigenvalue weighted by molar-refractivity contribution is 0.388. The zero-order valence-electron chi connectivity index (χ0n) is 11.0. The molecule has 0 unspecified atom stereocenters. The van der Waals surface area contributed by atoms with Crippen molar-refractivity contribution in [3.63, 3.8) is 0 Å². The Morgan fingerprint density at radius 1 is 1.30 bits per heavy atom. The molecule has 0 atom stereocenters. The van der Waals surface area contributed by atoms with Crippen LogP contribution in [0.25, 0.3) is 0 Å². The maximum absolute atomic E-state index is 11.5. The number of rotatable bonds is 3. The van der Waals surface area contributed by atoms with Crippen LogP contribution in [0, 0.1) is 0 Å². The summed E-state index contributed by atoms with van der Waals surface area (Å²) in [5.74, 6) is 0. The van der Waals surface area contributed by atoms with E-state index in [1.165, 1.54) is 10.6 Å². The predicted molar refractivity (Wildman–Crippen MR) is 88.7 cm³/mol. The predicted octanol–water partition coefficient (Wildman–Crippen LogP) is 1.16. The molecule has 0 saturated carbocycles. The van der Waals surface area contributed by atoms with Crippen molar-refractivity contribution in [1.82, 2.24) is 4.31 Å². The summed E-state index contributed by atoms with van der Waals surface area (Å²) in [6, 6.07) is 5.77. The monoisotopic (exact) mass is 377 g/mol. The first-order valence-electron chi connectivity index (χ1n) is 6.08. The van der Waals surface area contributed by atoms with E-state index in [9.17, 15) is 8.42 Å². The molecule has 1 aliphatic rings. The Bertz CT molecular complexity index is 626. The minimum Gasteiger partial charge on any atom is -0.389 e. The molecule has 0 spiro atoms. The van der Waals surface area contributed by atoms with Gasteiger partial charge in [-0.2, -0.15) is 4.31 Å². The number of nitrogens with two attached hydrogens (primary N) is 1. The number of sulfonamides is 1. The number of halogens is 1. The van der Waals surface area contributed by atoms with Crippen molar-refractivity contribution in [3.05, 3.63) is 28.2 Å². The fourth-order valence-electron chi connectivity index (χ4n) is 2.24. The van der Waals surface area contributed by atoms with Crippen molar-refractivity contribution >= 4 is 48.8 Å². The second-order valence-electron chi connectivity index (χ2n) is 4.67. The van der Waals surface area contributed by atoms with Gasteiger partial charge in [-0.15, -0.1) is 0 Å². The number of benzene rings is 1. The van der Waals surface area contributed by atoms with Crippen molar-refractivity contribution in [3.8, 4) is 0 Å². The molecule has 1 fully saturated rings. The Kier molecular flexibility index (Phi) is 4.68. The van der Waals surface area contributed by atoms with Crippen LogP contribution in [0.4, 0.5) is 5.69 Å². The lowest BCUT2D eigenvalue weighted by atomic mass is 10.1. The van der Waals surface area contributed by atoms with Gasteiger partial charge in [-0.1, -0.05) is 28.1 Å². The van der Waals surface area contributed by atoms with Crippen LogP contribution in [0.1, 0.15) is 5.56 Å². The maximum Gasteiger partial charge on any atom is 0.211 e. The normalized spacial score (nSPS) is 17.2. The van der Waals surface area contributed by atoms with Crippen LogP contribution in [0.3, 0.4) is 0 Å². The number of hydrogen-bond acceptors (Lipinski definition) is 4. The highest BCUT2D eigenvalue weighted by Crippen LogP contribution is 2.26. The lowest BCUT2D eigenvalue weighted by Crippen LogP contribution is -2.48. The summed E-state index contributed by atoms with van der Waals surface area (Å²) in [5, 5.41) is 0. The number of nitrogens with zero attached hydrogens (tertiary/aromatic N) is 2. The second-order valence-corrected chi connectivity index (χ2v) is 8.01. The molecule has 1 saturated heterocycles. The van der Waals surface area contributed by atoms with E-state index in [1.54, 1.807) is 0 Å². The van der Waals surface area contributed by atoms with Crippen molar-refractivity contribution < 1.29 is 8.42 Å². The van der Waals surface area contributed by atoms with Crippen LogP contribution < -0.4 is 10.6 Å². The van der Waals surface area contributed by atoms with Gasteiger partial charge in [-0.05, 0) is 18.2 Å². The SMILES string of the molecule is CS(=O)(=O)N1CCN(c2ccc(Br)cc2C(N)=S)CC1. The highest BCUT2D eigenvalue weighted by Gasteiger charge is 2.24. The standard InChI is InChI=1S/C12H16BrN3O2S2/c1-20(17,18)16-6-4-15(5-7-16)11-3-2-9(13)8-10(11)12(14)19/h2-3,8H,4-7H2,1H3,(H2,14,19). The van der Waals surface area contributed by atoms with Crippen molar-refractivity contribution in [2.75, 3.05) is 37.3 Å². The van der Waals surface area contributed by atoms with E-state index in [0.717, 1.165) is 15.7 Å². The molecular formula is C12H16BrN3O2S2. The first kappa shape index (κ1) is 15.7. The molecule has 1 aliphatic heterocycles. The van der Waals surface area contributed by atoms with E-state index in [0.29, 0.717) is 31.2 Å². The van der Waals surface area contributed by atoms with Gasteiger partial charge in [0.05, 0.1) is 6.26 Å². The van der Waals surface area contributed by atoms with Crippen LogP contribution in [-0.2, 0) is 10.0 Å². The van der Waals surface area contributed by atoms with Gasteiger partial charge in [0.25, 0.3) is 0 Å². The van der Waals surface area contributed by atoms with Gasteiger partial charge in [0.2, 0.25) is 10.0 Å². The minimum atomic E-state index is -3.12. The highest BCUT2D eigenvalue weighted by molar-refractivity contribution is 9.10. The van der Waals surface area contributed by atoms with Crippen LogP contribution in [0.15, 0.2) is 22.7 Å². The topological polar surface area (TPSA) is 66.6 Å². The molecule has 1 heterocycles. The zero-order valence-corrected chi connectivity index (χ0v) is 14.3. The fraction of sp³-hybridized carbons (Fsp3) is 0.417. The highest BCUT2D eigenvalue weighted by atomic mass is 79.9. The Morgan fingerprint density at radius 2 is 1.90 bits per heavy atom. The molecule has 5 nitrogen and oxygen atoms in total. The number of anilines is 1. The molecular weight excluding hydrogens is 362 g/mol. The molecule has 110 valence electrons. The van der Waals surface area contributed by atoms with E-state index in [4.69, 9.17) is 18.0 Å². The lowest BCUT2D eigenvalue weighted by Gasteiger charge is -2.35. The molecule has 0 amide bonds. The molecule has 0 aliphatic carbocycles. The van der Waals surface area contributed by atoms with Gasteiger partial charge < -0.3 is 10.6 Å². The summed E-state index contributed by atoms with van der Waals surface area (Å²) in [6.45, 7) is 2.21. The Labute approximate surface area is 132 Å². The second kappa shape index (κ2) is 5.97. The van der Waals surface area contributed by atoms with Crippen molar-refractivity contribution in [1.29, 1.82) is 0 Å². The largest absolute Gasteiger partial charge is 0.389 e. The smallest absolute Gasteiger partial charge is 0.211 e. The molecule has 2 N–H and O–H groups in total. The molecule has 2 rings (SSSR count). The quantitative estimate of drug-likeness (QED) is 0.800. The molecule has 0 radical (unpaired) electrons. The van der Waals surface area contributed by atoms with Crippen LogP contribution in [0.5, 0.6) is 0 Å². The van der Waals surface area contributed by atoms with E-state index in [-0.39, 0.29) is 0 Å². The third kappa shape index (κ3) is 3.49. The summed E-state index contributed by atoms with van der Waals surface area (Å²) in [5.41, 5.74) is 7.52. The molecule has 0 bridgehead atoms. The van der Waals surface area contributed by atoms with Gasteiger partial charge in [0, 0.05) is 41.9 Å². The summed E-state index contributed by atoms with van der Waals surface area (Å²) >= 11 is 8.49. The van der Waals surface area contributed by atoms with E-state index in [2.05, 4.69) is 20.8 Å². The zero-order chi connectivity index (χ0) is 14.9. The number of hydrogen-bond donors (Lipinski definition) is 1. The van der Waals surface area contributed by atoms with Gasteiger partial charge in [0.1, 0.15) is 4.99 Å². The number of piperazine rings is 1. The van der Waals surface area contributed by atoms with Crippen molar-refractivity contribution in [2.45, 2.75) is 0 Å². The molecule has 20 heavy (non-hydrogen) atoms. The summed E-state index contributed by atoms with van der Waals surface area (Å²) in [7, 11) is -3.12. The minimum absolute atomic E-state index is 0.340. The molecule has 8 heteroatoms. The Hall–Kier alpha value is -0.700. The van der Waals surface area contributed by atoms with E-state index >= 15 is 0 Å². The van der Waals surface area contributed by atoms with Gasteiger partial charge in [0.15, 0.2) is 0 Å². The average Bonchev–Trinajstić information content (AvgIpc) is 2.37. The van der Waals surface area contributed by atoms with E-state index < -0.39 is 10.0 Å². The third-order valence-electron chi connectivity index (χ3n) is 3.27. The maximum atomic E-state index is 11.5.